The fourth-order valence-corrected chi connectivity index (χ4v) is 2.03. The van der Waals surface area contributed by atoms with Crippen LogP contribution in [0.5, 0.6) is 0 Å². The molecule has 0 saturated heterocycles. The highest BCUT2D eigenvalue weighted by molar-refractivity contribution is 7.97. The highest BCUT2D eigenvalue weighted by atomic mass is 32.2. The predicted molar refractivity (Wildman–Crippen MR) is 70.8 cm³/mol. The van der Waals surface area contributed by atoms with Gasteiger partial charge in [0.25, 0.3) is 0 Å². The zero-order chi connectivity index (χ0) is 11.8. The molecule has 5 heteroatoms. The van der Waals surface area contributed by atoms with Crippen molar-refractivity contribution in [3.05, 3.63) is 30.1 Å². The molecule has 0 N–H and O–H groups in total. The van der Waals surface area contributed by atoms with E-state index < -0.39 is 0 Å². The van der Waals surface area contributed by atoms with Gasteiger partial charge in [-0.15, -0.1) is 5.10 Å². The topological polar surface area (TPSA) is 40.9 Å². The summed E-state index contributed by atoms with van der Waals surface area (Å²) in [6, 6.07) is 3.86. The SMILES string of the molecule is C=N/N=C(/c1cccnc1)N(CC)SCC. The van der Waals surface area contributed by atoms with Gasteiger partial charge in [-0.05, 0) is 31.0 Å². The van der Waals surface area contributed by atoms with Crippen molar-refractivity contribution < 1.29 is 0 Å². The van der Waals surface area contributed by atoms with Gasteiger partial charge in [-0.2, -0.15) is 5.10 Å². The van der Waals surface area contributed by atoms with Gasteiger partial charge in [-0.25, -0.2) is 0 Å². The summed E-state index contributed by atoms with van der Waals surface area (Å²) in [5, 5.41) is 7.70. The molecule has 0 aliphatic rings. The summed E-state index contributed by atoms with van der Waals surface area (Å²) in [6.07, 6.45) is 3.52. The second kappa shape index (κ2) is 7.00. The largest absolute Gasteiger partial charge is 0.299 e. The summed E-state index contributed by atoms with van der Waals surface area (Å²) in [4.78, 5) is 4.09. The molecule has 0 aliphatic carbocycles. The van der Waals surface area contributed by atoms with Crippen LogP contribution in [-0.4, -0.2) is 34.1 Å². The van der Waals surface area contributed by atoms with Crippen LogP contribution in [0.1, 0.15) is 19.4 Å². The van der Waals surface area contributed by atoms with Crippen molar-refractivity contribution in [3.63, 3.8) is 0 Å². The van der Waals surface area contributed by atoms with Crippen LogP contribution in [0.3, 0.4) is 0 Å². The van der Waals surface area contributed by atoms with Crippen molar-refractivity contribution >= 4 is 24.5 Å². The van der Waals surface area contributed by atoms with E-state index >= 15 is 0 Å². The van der Waals surface area contributed by atoms with E-state index in [4.69, 9.17) is 0 Å². The Kier molecular flexibility index (Phi) is 5.56. The summed E-state index contributed by atoms with van der Waals surface area (Å²) in [7, 11) is 0. The molecular weight excluding hydrogens is 220 g/mol. The van der Waals surface area contributed by atoms with Crippen molar-refractivity contribution in [3.8, 4) is 0 Å². The number of rotatable bonds is 5. The van der Waals surface area contributed by atoms with Gasteiger partial charge < -0.3 is 0 Å². The molecule has 0 bridgehead atoms. The Balaban J connectivity index is 2.99. The predicted octanol–water partition coefficient (Wildman–Crippen LogP) is 2.43. The lowest BCUT2D eigenvalue weighted by Crippen LogP contribution is -2.25. The maximum absolute atomic E-state index is 4.09. The van der Waals surface area contributed by atoms with Crippen molar-refractivity contribution in [2.75, 3.05) is 12.3 Å². The molecule has 0 radical (unpaired) electrons. The number of pyridine rings is 1. The first-order valence-corrected chi connectivity index (χ1v) is 6.12. The van der Waals surface area contributed by atoms with Crippen molar-refractivity contribution in [1.82, 2.24) is 9.29 Å². The first kappa shape index (κ1) is 12.7. The Morgan fingerprint density at radius 1 is 1.56 bits per heavy atom. The lowest BCUT2D eigenvalue weighted by molar-refractivity contribution is 0.710. The number of hydrogen-bond acceptors (Lipinski definition) is 4. The molecule has 1 aromatic heterocycles. The molecule has 16 heavy (non-hydrogen) atoms. The second-order valence-corrected chi connectivity index (χ2v) is 4.20. The van der Waals surface area contributed by atoms with E-state index in [0.717, 1.165) is 23.7 Å². The molecule has 0 fully saturated rings. The average molecular weight is 236 g/mol. The summed E-state index contributed by atoms with van der Waals surface area (Å²) in [5.41, 5.74) is 0.956. The van der Waals surface area contributed by atoms with Crippen LogP contribution in [0.4, 0.5) is 0 Å². The third-order valence-electron chi connectivity index (χ3n) is 1.89. The summed E-state index contributed by atoms with van der Waals surface area (Å²) < 4.78 is 2.09. The number of nitrogens with zero attached hydrogens (tertiary/aromatic N) is 4. The molecule has 0 atom stereocenters. The van der Waals surface area contributed by atoms with Gasteiger partial charge >= 0.3 is 0 Å². The van der Waals surface area contributed by atoms with Gasteiger partial charge in [0.05, 0.1) is 0 Å². The fourth-order valence-electron chi connectivity index (χ4n) is 1.27. The minimum absolute atomic E-state index is 0.803. The van der Waals surface area contributed by atoms with E-state index in [1.54, 1.807) is 24.3 Å². The first-order chi connectivity index (χ1) is 7.83. The molecule has 1 heterocycles. The molecule has 1 aromatic rings. The van der Waals surface area contributed by atoms with Gasteiger partial charge in [0, 0.05) is 37.0 Å². The van der Waals surface area contributed by atoms with Crippen LogP contribution in [0.15, 0.2) is 34.7 Å². The molecule has 0 aromatic carbocycles. The summed E-state index contributed by atoms with van der Waals surface area (Å²) in [5.74, 6) is 1.79. The number of aromatic nitrogens is 1. The maximum atomic E-state index is 4.09. The van der Waals surface area contributed by atoms with Gasteiger partial charge in [-0.1, -0.05) is 6.92 Å². The standard InChI is InChI=1S/C11H16N4S/c1-4-15(16-5-2)11(14-12-3)10-7-6-8-13-9-10/h6-9H,3-5H2,1-2H3/b14-11-. The minimum Gasteiger partial charge on any atom is -0.299 e. The molecule has 0 saturated carbocycles. The Labute approximate surface area is 101 Å². The van der Waals surface area contributed by atoms with E-state index in [9.17, 15) is 0 Å². The molecule has 86 valence electrons. The van der Waals surface area contributed by atoms with Crippen LogP contribution in [0.25, 0.3) is 0 Å². The number of hydrogen-bond donors (Lipinski definition) is 0. The zero-order valence-corrected chi connectivity index (χ0v) is 10.4. The molecule has 0 amide bonds. The van der Waals surface area contributed by atoms with Crippen molar-refractivity contribution in [1.29, 1.82) is 0 Å². The monoisotopic (exact) mass is 236 g/mol. The molecular formula is C11H16N4S. The summed E-state index contributed by atoms with van der Waals surface area (Å²) in [6.45, 7) is 8.46. The van der Waals surface area contributed by atoms with Gasteiger partial charge in [0.1, 0.15) is 0 Å². The average Bonchev–Trinajstić information content (AvgIpc) is 2.35. The Hall–Kier alpha value is -1.36. The van der Waals surface area contributed by atoms with Crippen LogP contribution in [0, 0.1) is 0 Å². The third kappa shape index (κ3) is 3.34. The molecule has 1 rings (SSSR count). The minimum atomic E-state index is 0.803. The van der Waals surface area contributed by atoms with E-state index in [2.05, 4.69) is 40.1 Å². The van der Waals surface area contributed by atoms with E-state index in [0.29, 0.717) is 0 Å². The highest BCUT2D eigenvalue weighted by Gasteiger charge is 2.12. The van der Waals surface area contributed by atoms with Gasteiger partial charge in [0.2, 0.25) is 0 Å². The molecule has 4 nitrogen and oxygen atoms in total. The summed E-state index contributed by atoms with van der Waals surface area (Å²) >= 11 is 1.71. The molecule has 0 aliphatic heterocycles. The van der Waals surface area contributed by atoms with E-state index in [-0.39, 0.29) is 0 Å². The Morgan fingerprint density at radius 3 is 2.88 bits per heavy atom. The quantitative estimate of drug-likeness (QED) is 0.341. The zero-order valence-electron chi connectivity index (χ0n) is 9.63. The normalized spacial score (nSPS) is 11.2. The van der Waals surface area contributed by atoms with Crippen LogP contribution >= 0.6 is 11.9 Å². The lowest BCUT2D eigenvalue weighted by atomic mass is 10.2. The van der Waals surface area contributed by atoms with Crippen LogP contribution in [0.2, 0.25) is 0 Å². The third-order valence-corrected chi connectivity index (χ3v) is 2.89. The Bertz CT molecular complexity index is 350. The lowest BCUT2D eigenvalue weighted by Gasteiger charge is -2.21. The van der Waals surface area contributed by atoms with E-state index in [1.807, 2.05) is 12.1 Å². The molecule has 0 spiro atoms. The first-order valence-electron chi connectivity index (χ1n) is 5.18. The van der Waals surface area contributed by atoms with Crippen LogP contribution < -0.4 is 0 Å². The number of amidine groups is 1. The fraction of sp³-hybridized carbons (Fsp3) is 0.364. The maximum Gasteiger partial charge on any atom is 0.169 e. The molecule has 0 unspecified atom stereocenters. The van der Waals surface area contributed by atoms with Crippen LogP contribution in [-0.2, 0) is 0 Å². The van der Waals surface area contributed by atoms with Gasteiger partial charge in [-0.3, -0.25) is 9.29 Å². The van der Waals surface area contributed by atoms with E-state index in [1.165, 1.54) is 0 Å². The Morgan fingerprint density at radius 2 is 2.38 bits per heavy atom. The highest BCUT2D eigenvalue weighted by Crippen LogP contribution is 2.15. The van der Waals surface area contributed by atoms with Crippen molar-refractivity contribution in [2.24, 2.45) is 10.2 Å². The smallest absolute Gasteiger partial charge is 0.169 e. The van der Waals surface area contributed by atoms with Crippen molar-refractivity contribution in [2.45, 2.75) is 13.8 Å². The second-order valence-electron chi connectivity index (χ2n) is 2.92. The van der Waals surface area contributed by atoms with Gasteiger partial charge in [0.15, 0.2) is 5.84 Å².